The lowest BCUT2D eigenvalue weighted by molar-refractivity contribution is 0.167. The van der Waals surface area contributed by atoms with E-state index in [1.165, 1.54) is 12.1 Å². The second-order valence-corrected chi connectivity index (χ2v) is 3.38. The smallest absolute Gasteiger partial charge is 0.123 e. The fourth-order valence-electron chi connectivity index (χ4n) is 1.14. The van der Waals surface area contributed by atoms with Gasteiger partial charge in [0.2, 0.25) is 0 Å². The predicted molar refractivity (Wildman–Crippen MR) is 54.4 cm³/mol. The van der Waals surface area contributed by atoms with Crippen LogP contribution in [-0.2, 0) is 0 Å². The molecule has 0 saturated carbocycles. The third kappa shape index (κ3) is 3.36. The molecule has 0 unspecified atom stereocenters. The Morgan fingerprint density at radius 1 is 1.31 bits per heavy atom. The Balaban J connectivity index is 2.55. The lowest BCUT2D eigenvalue weighted by Crippen LogP contribution is -1.97. The summed E-state index contributed by atoms with van der Waals surface area (Å²) in [6.07, 6.45) is 1.05. The molecule has 1 aromatic carbocycles. The summed E-state index contributed by atoms with van der Waals surface area (Å²) in [5, 5.41) is 9.59. The van der Waals surface area contributed by atoms with Crippen LogP contribution in [0.1, 0.15) is 24.5 Å². The fraction of sp³-hybridized carbons (Fsp3) is 0.400. The number of rotatable bonds is 4. The molecule has 1 nitrogen and oxygen atoms in total. The zero-order valence-corrected chi connectivity index (χ0v) is 8.17. The monoisotopic (exact) mass is 200 g/mol. The van der Waals surface area contributed by atoms with Gasteiger partial charge in [-0.1, -0.05) is 12.1 Å². The minimum atomic E-state index is -0.493. The van der Waals surface area contributed by atoms with E-state index in [1.54, 1.807) is 12.1 Å². The molecule has 0 aliphatic rings. The average molecular weight is 200 g/mol. The molecule has 3 heteroatoms. The number of halogens is 1. The quantitative estimate of drug-likeness (QED) is 0.716. The summed E-state index contributed by atoms with van der Waals surface area (Å²) in [4.78, 5) is 0. The van der Waals surface area contributed by atoms with Crippen LogP contribution in [0.4, 0.5) is 4.39 Å². The Bertz CT molecular complexity index is 248. The molecular formula is C10H13FOS. The van der Waals surface area contributed by atoms with Gasteiger partial charge in [-0.3, -0.25) is 0 Å². The molecule has 0 aromatic heterocycles. The van der Waals surface area contributed by atoms with E-state index in [0.29, 0.717) is 6.42 Å². The summed E-state index contributed by atoms with van der Waals surface area (Å²) < 4.78 is 12.5. The van der Waals surface area contributed by atoms with Gasteiger partial charge in [-0.2, -0.15) is 12.6 Å². The molecule has 0 heterocycles. The molecule has 0 bridgehead atoms. The molecule has 13 heavy (non-hydrogen) atoms. The first-order valence-corrected chi connectivity index (χ1v) is 4.91. The first-order chi connectivity index (χ1) is 6.24. The van der Waals surface area contributed by atoms with Crippen LogP contribution in [-0.4, -0.2) is 10.9 Å². The molecule has 0 saturated heterocycles. The molecule has 0 aliphatic carbocycles. The van der Waals surface area contributed by atoms with E-state index in [1.807, 2.05) is 0 Å². The highest BCUT2D eigenvalue weighted by Gasteiger charge is 2.05. The summed E-state index contributed by atoms with van der Waals surface area (Å²) in [6, 6.07) is 5.94. The van der Waals surface area contributed by atoms with Crippen molar-refractivity contribution in [1.82, 2.24) is 0 Å². The zero-order valence-electron chi connectivity index (χ0n) is 7.28. The SMILES string of the molecule is O[C@H](CCCS)c1ccc(F)cc1. The topological polar surface area (TPSA) is 20.2 Å². The number of aliphatic hydroxyl groups is 1. The van der Waals surface area contributed by atoms with Crippen LogP contribution in [0.25, 0.3) is 0 Å². The van der Waals surface area contributed by atoms with Gasteiger partial charge in [0.15, 0.2) is 0 Å². The third-order valence-electron chi connectivity index (χ3n) is 1.89. The van der Waals surface area contributed by atoms with Gasteiger partial charge in [0.05, 0.1) is 6.10 Å². The molecular weight excluding hydrogens is 187 g/mol. The maximum Gasteiger partial charge on any atom is 0.123 e. The van der Waals surface area contributed by atoms with Crippen molar-refractivity contribution in [3.8, 4) is 0 Å². The molecule has 1 N–H and O–H groups in total. The maximum atomic E-state index is 12.5. The Morgan fingerprint density at radius 3 is 2.46 bits per heavy atom. The van der Waals surface area contributed by atoms with E-state index in [0.717, 1.165) is 17.7 Å². The fourth-order valence-corrected chi connectivity index (χ4v) is 1.32. The lowest BCUT2D eigenvalue weighted by Gasteiger charge is -2.09. The van der Waals surface area contributed by atoms with Crippen LogP contribution in [0, 0.1) is 5.82 Å². The van der Waals surface area contributed by atoms with E-state index < -0.39 is 6.10 Å². The number of thiol groups is 1. The van der Waals surface area contributed by atoms with Crippen LogP contribution in [0.3, 0.4) is 0 Å². The molecule has 72 valence electrons. The number of hydrogen-bond acceptors (Lipinski definition) is 2. The Morgan fingerprint density at radius 2 is 1.92 bits per heavy atom. The van der Waals surface area contributed by atoms with Crippen molar-refractivity contribution in [3.63, 3.8) is 0 Å². The van der Waals surface area contributed by atoms with E-state index in [4.69, 9.17) is 0 Å². The van der Waals surface area contributed by atoms with Crippen LogP contribution < -0.4 is 0 Å². The average Bonchev–Trinajstić information content (AvgIpc) is 2.15. The third-order valence-corrected chi connectivity index (χ3v) is 2.21. The molecule has 0 amide bonds. The Labute approximate surface area is 83.0 Å². The minimum absolute atomic E-state index is 0.273. The van der Waals surface area contributed by atoms with Gasteiger partial charge in [-0.15, -0.1) is 0 Å². The van der Waals surface area contributed by atoms with Gasteiger partial charge in [0.25, 0.3) is 0 Å². The van der Waals surface area contributed by atoms with Crippen LogP contribution >= 0.6 is 12.6 Å². The normalized spacial score (nSPS) is 12.8. The highest BCUT2D eigenvalue weighted by Crippen LogP contribution is 2.18. The van der Waals surface area contributed by atoms with Gasteiger partial charge >= 0.3 is 0 Å². The van der Waals surface area contributed by atoms with Crippen LogP contribution in [0.2, 0.25) is 0 Å². The van der Waals surface area contributed by atoms with Crippen molar-refractivity contribution in [2.24, 2.45) is 0 Å². The standard InChI is InChI=1S/C10H13FOS/c11-9-5-3-8(4-6-9)10(12)2-1-7-13/h3-6,10,12-13H,1-2,7H2/t10-/m1/s1. The highest BCUT2D eigenvalue weighted by atomic mass is 32.1. The molecule has 1 atom stereocenters. The van der Waals surface area contributed by atoms with Crippen molar-refractivity contribution in [2.45, 2.75) is 18.9 Å². The van der Waals surface area contributed by atoms with Gasteiger partial charge in [-0.25, -0.2) is 4.39 Å². The van der Waals surface area contributed by atoms with Crippen LogP contribution in [0.15, 0.2) is 24.3 Å². The van der Waals surface area contributed by atoms with Gasteiger partial charge in [-0.05, 0) is 36.3 Å². The highest BCUT2D eigenvalue weighted by molar-refractivity contribution is 7.80. The van der Waals surface area contributed by atoms with Crippen molar-refractivity contribution in [3.05, 3.63) is 35.6 Å². The second kappa shape index (κ2) is 5.25. The number of hydrogen-bond donors (Lipinski definition) is 2. The van der Waals surface area contributed by atoms with Crippen molar-refractivity contribution in [1.29, 1.82) is 0 Å². The van der Waals surface area contributed by atoms with Crippen molar-refractivity contribution in [2.75, 3.05) is 5.75 Å². The van der Waals surface area contributed by atoms with E-state index in [2.05, 4.69) is 12.6 Å². The summed E-state index contributed by atoms with van der Waals surface area (Å²) in [5.74, 6) is 0.489. The van der Waals surface area contributed by atoms with Gasteiger partial charge in [0.1, 0.15) is 5.82 Å². The van der Waals surface area contributed by atoms with Crippen molar-refractivity contribution < 1.29 is 9.50 Å². The van der Waals surface area contributed by atoms with E-state index in [-0.39, 0.29) is 5.82 Å². The zero-order chi connectivity index (χ0) is 9.68. The summed E-state index contributed by atoms with van der Waals surface area (Å²) >= 11 is 4.05. The molecule has 0 aliphatic heterocycles. The number of aliphatic hydroxyl groups excluding tert-OH is 1. The molecule has 0 radical (unpaired) electrons. The largest absolute Gasteiger partial charge is 0.388 e. The summed E-state index contributed by atoms with van der Waals surface area (Å²) in [6.45, 7) is 0. The molecule has 1 aromatic rings. The Kier molecular flexibility index (Phi) is 4.25. The van der Waals surface area contributed by atoms with Gasteiger partial charge < -0.3 is 5.11 Å². The lowest BCUT2D eigenvalue weighted by atomic mass is 10.1. The van der Waals surface area contributed by atoms with Crippen LogP contribution in [0.5, 0.6) is 0 Å². The summed E-state index contributed by atoms with van der Waals surface area (Å²) in [7, 11) is 0. The maximum absolute atomic E-state index is 12.5. The minimum Gasteiger partial charge on any atom is -0.388 e. The number of benzene rings is 1. The molecule has 1 rings (SSSR count). The first-order valence-electron chi connectivity index (χ1n) is 4.28. The summed E-state index contributed by atoms with van der Waals surface area (Å²) in [5.41, 5.74) is 0.767. The molecule has 0 fully saturated rings. The van der Waals surface area contributed by atoms with Crippen molar-refractivity contribution >= 4 is 12.6 Å². The Hall–Kier alpha value is -0.540. The molecule has 0 spiro atoms. The van der Waals surface area contributed by atoms with Gasteiger partial charge in [0, 0.05) is 0 Å². The first kappa shape index (κ1) is 10.5. The second-order valence-electron chi connectivity index (χ2n) is 2.93. The predicted octanol–water partition coefficient (Wildman–Crippen LogP) is 2.57. The van der Waals surface area contributed by atoms with E-state index >= 15 is 0 Å². The van der Waals surface area contributed by atoms with E-state index in [9.17, 15) is 9.50 Å².